The fraction of sp³-hybridized carbons (Fsp3) is 0.214. The lowest BCUT2D eigenvalue weighted by atomic mass is 9.88. The van der Waals surface area contributed by atoms with Gasteiger partial charge in [-0.25, -0.2) is 9.97 Å². The highest BCUT2D eigenvalue weighted by Gasteiger charge is 2.28. The standard InChI is InChI=1S/C28H26N6O2/c1-17-12-20(34-11-10-29-16-34)13-24-26(17)33-27(32-24)25-23(8-9-30-28(25)36)31-14-19(15-35)22-7-6-18-4-2-3-5-21(18)22/h2-5,8-14,16,19,22,35H,6-7,15H2,1H3,(H,30,36)(H,32,33). The normalized spacial score (nSPS) is 16.1. The van der Waals surface area contributed by atoms with Crippen LogP contribution in [0.25, 0.3) is 28.1 Å². The molecule has 3 heterocycles. The number of nitrogens with one attached hydrogen (secondary N) is 2. The van der Waals surface area contributed by atoms with E-state index in [2.05, 4.69) is 33.2 Å². The van der Waals surface area contributed by atoms with Crippen LogP contribution in [0.5, 0.6) is 0 Å². The van der Waals surface area contributed by atoms with Crippen LogP contribution in [0.3, 0.4) is 0 Å². The summed E-state index contributed by atoms with van der Waals surface area (Å²) in [5.74, 6) is 0.518. The van der Waals surface area contributed by atoms with Crippen LogP contribution in [0, 0.1) is 12.8 Å². The van der Waals surface area contributed by atoms with Crippen molar-refractivity contribution in [3.63, 3.8) is 0 Å². The predicted molar refractivity (Wildman–Crippen MR) is 140 cm³/mol. The zero-order valence-electron chi connectivity index (χ0n) is 19.8. The van der Waals surface area contributed by atoms with Crippen LogP contribution in [0.4, 0.5) is 5.69 Å². The molecule has 1 aliphatic rings. The van der Waals surface area contributed by atoms with E-state index in [1.165, 1.54) is 11.1 Å². The molecule has 0 radical (unpaired) electrons. The third-order valence-corrected chi connectivity index (χ3v) is 7.05. The summed E-state index contributed by atoms with van der Waals surface area (Å²) in [6, 6.07) is 14.2. The van der Waals surface area contributed by atoms with Crippen molar-refractivity contribution in [3.05, 3.63) is 94.4 Å². The van der Waals surface area contributed by atoms with Crippen molar-refractivity contribution in [1.29, 1.82) is 0 Å². The molecule has 2 aromatic carbocycles. The minimum Gasteiger partial charge on any atom is -0.396 e. The molecule has 8 nitrogen and oxygen atoms in total. The first-order valence-electron chi connectivity index (χ1n) is 12.1. The highest BCUT2D eigenvalue weighted by molar-refractivity contribution is 5.86. The zero-order chi connectivity index (χ0) is 24.6. The van der Waals surface area contributed by atoms with E-state index in [4.69, 9.17) is 9.98 Å². The number of aliphatic hydroxyl groups excluding tert-OH is 1. The molecular weight excluding hydrogens is 452 g/mol. The Hall–Kier alpha value is -4.30. The summed E-state index contributed by atoms with van der Waals surface area (Å²) in [4.78, 5) is 32.6. The second-order valence-electron chi connectivity index (χ2n) is 9.25. The molecule has 0 spiro atoms. The third-order valence-electron chi connectivity index (χ3n) is 7.05. The molecule has 1 aliphatic carbocycles. The molecule has 3 aromatic heterocycles. The number of pyridine rings is 1. The van der Waals surface area contributed by atoms with E-state index in [9.17, 15) is 9.90 Å². The molecule has 8 heteroatoms. The van der Waals surface area contributed by atoms with Gasteiger partial charge in [0, 0.05) is 36.4 Å². The molecule has 0 fully saturated rings. The van der Waals surface area contributed by atoms with Crippen molar-refractivity contribution in [2.45, 2.75) is 25.7 Å². The van der Waals surface area contributed by atoms with Crippen molar-refractivity contribution < 1.29 is 5.11 Å². The van der Waals surface area contributed by atoms with E-state index in [0.717, 1.165) is 35.1 Å². The van der Waals surface area contributed by atoms with Crippen LogP contribution in [-0.2, 0) is 6.42 Å². The average Bonchev–Trinajstić information content (AvgIpc) is 3.65. The molecule has 2 atom stereocenters. The number of aromatic nitrogens is 5. The predicted octanol–water partition coefficient (Wildman–Crippen LogP) is 4.45. The second-order valence-corrected chi connectivity index (χ2v) is 9.25. The fourth-order valence-corrected chi connectivity index (χ4v) is 5.24. The first kappa shape index (κ1) is 22.2. The van der Waals surface area contributed by atoms with Crippen molar-refractivity contribution >= 4 is 22.9 Å². The van der Waals surface area contributed by atoms with Crippen LogP contribution in [0.15, 0.2) is 77.2 Å². The van der Waals surface area contributed by atoms with Gasteiger partial charge in [0.1, 0.15) is 11.4 Å². The first-order valence-corrected chi connectivity index (χ1v) is 12.1. The molecule has 5 aromatic rings. The highest BCUT2D eigenvalue weighted by atomic mass is 16.3. The lowest BCUT2D eigenvalue weighted by Gasteiger charge is -2.18. The maximum Gasteiger partial charge on any atom is 0.261 e. The van der Waals surface area contributed by atoms with Gasteiger partial charge in [-0.05, 0) is 60.6 Å². The van der Waals surface area contributed by atoms with Crippen molar-refractivity contribution in [2.75, 3.05) is 6.61 Å². The summed E-state index contributed by atoms with van der Waals surface area (Å²) in [6.45, 7) is 1.98. The van der Waals surface area contributed by atoms with Crippen LogP contribution < -0.4 is 5.56 Å². The summed E-state index contributed by atoms with van der Waals surface area (Å²) < 4.78 is 1.92. The Morgan fingerprint density at radius 3 is 3.00 bits per heavy atom. The Labute approximate surface area is 207 Å². The van der Waals surface area contributed by atoms with Crippen molar-refractivity contribution in [1.82, 2.24) is 24.5 Å². The third kappa shape index (κ3) is 3.85. The average molecular weight is 479 g/mol. The number of nitrogens with zero attached hydrogens (tertiary/aromatic N) is 4. The van der Waals surface area contributed by atoms with Gasteiger partial charge in [-0.15, -0.1) is 0 Å². The van der Waals surface area contributed by atoms with E-state index < -0.39 is 0 Å². The highest BCUT2D eigenvalue weighted by Crippen LogP contribution is 2.38. The Balaban J connectivity index is 1.38. The van der Waals surface area contributed by atoms with Gasteiger partial charge in [0.05, 0.1) is 29.7 Å². The monoisotopic (exact) mass is 478 g/mol. The molecule has 36 heavy (non-hydrogen) atoms. The number of hydrogen-bond acceptors (Lipinski definition) is 5. The summed E-state index contributed by atoms with van der Waals surface area (Å²) in [5, 5.41) is 10.2. The Morgan fingerprint density at radius 2 is 2.17 bits per heavy atom. The van der Waals surface area contributed by atoms with Gasteiger partial charge in [-0.2, -0.15) is 0 Å². The van der Waals surface area contributed by atoms with Gasteiger partial charge in [-0.3, -0.25) is 9.79 Å². The molecule has 180 valence electrons. The topological polar surface area (TPSA) is 112 Å². The van der Waals surface area contributed by atoms with Crippen LogP contribution in [0.2, 0.25) is 0 Å². The largest absolute Gasteiger partial charge is 0.396 e. The minimum atomic E-state index is -0.275. The molecule has 6 rings (SSSR count). The van der Waals surface area contributed by atoms with E-state index in [1.807, 2.05) is 35.9 Å². The van der Waals surface area contributed by atoms with Gasteiger partial charge in [0.25, 0.3) is 5.56 Å². The Kier molecular flexibility index (Phi) is 5.58. The van der Waals surface area contributed by atoms with Gasteiger partial charge in [-0.1, -0.05) is 24.3 Å². The van der Waals surface area contributed by atoms with E-state index in [-0.39, 0.29) is 24.0 Å². The number of aromatic amines is 2. The first-order chi connectivity index (χ1) is 17.6. The quantitative estimate of drug-likeness (QED) is 0.313. The number of hydrogen-bond donors (Lipinski definition) is 3. The molecule has 3 N–H and O–H groups in total. The number of aliphatic imine (C=N–C) groups is 1. The molecular formula is C28H26N6O2. The van der Waals surface area contributed by atoms with E-state index in [0.29, 0.717) is 17.1 Å². The number of aryl methyl sites for hydroxylation is 2. The van der Waals surface area contributed by atoms with Gasteiger partial charge >= 0.3 is 0 Å². The zero-order valence-corrected chi connectivity index (χ0v) is 19.8. The number of aliphatic hydroxyl groups is 1. The Morgan fingerprint density at radius 1 is 1.28 bits per heavy atom. The Bertz CT molecular complexity index is 1630. The summed E-state index contributed by atoms with van der Waals surface area (Å²) in [5.41, 5.74) is 6.77. The maximum atomic E-state index is 12.9. The summed E-state index contributed by atoms with van der Waals surface area (Å²) >= 11 is 0. The minimum absolute atomic E-state index is 0.0120. The molecule has 0 bridgehead atoms. The number of H-pyrrole nitrogens is 2. The van der Waals surface area contributed by atoms with Gasteiger partial charge in [0.2, 0.25) is 0 Å². The molecule has 0 aliphatic heterocycles. The van der Waals surface area contributed by atoms with Crippen molar-refractivity contribution in [2.24, 2.45) is 10.9 Å². The van der Waals surface area contributed by atoms with Gasteiger partial charge < -0.3 is 19.6 Å². The fourth-order valence-electron chi connectivity index (χ4n) is 5.24. The number of benzene rings is 2. The number of imidazole rings is 2. The maximum absolute atomic E-state index is 12.9. The lowest BCUT2D eigenvalue weighted by Crippen LogP contribution is -2.16. The number of rotatable bonds is 6. The molecule has 0 saturated carbocycles. The van der Waals surface area contributed by atoms with E-state index in [1.54, 1.807) is 31.0 Å². The smallest absolute Gasteiger partial charge is 0.261 e. The van der Waals surface area contributed by atoms with Crippen LogP contribution in [-0.4, -0.2) is 42.4 Å². The van der Waals surface area contributed by atoms with Crippen molar-refractivity contribution in [3.8, 4) is 17.1 Å². The molecule has 0 amide bonds. The van der Waals surface area contributed by atoms with Gasteiger partial charge in [0.15, 0.2) is 0 Å². The summed E-state index contributed by atoms with van der Waals surface area (Å²) in [6.07, 6.45) is 10.7. The molecule has 2 unspecified atom stereocenters. The van der Waals surface area contributed by atoms with E-state index >= 15 is 0 Å². The summed E-state index contributed by atoms with van der Waals surface area (Å²) in [7, 11) is 0. The van der Waals surface area contributed by atoms with Crippen LogP contribution >= 0.6 is 0 Å². The number of fused-ring (bicyclic) bond motifs is 2. The van der Waals surface area contributed by atoms with Crippen LogP contribution in [0.1, 0.15) is 29.0 Å². The second kappa shape index (κ2) is 9.05. The SMILES string of the molecule is Cc1cc(-n2ccnc2)cc2[nH]c(-c3c(N=CC(CO)C4CCc5ccccc54)cc[nH]c3=O)nc12. The lowest BCUT2D eigenvalue weighted by molar-refractivity contribution is 0.245. The molecule has 0 saturated heterocycles.